The summed E-state index contributed by atoms with van der Waals surface area (Å²) < 4.78 is 1.97. The number of hydrogen-bond acceptors (Lipinski definition) is 1. The van der Waals surface area contributed by atoms with E-state index >= 15 is 0 Å². The molecule has 96 valence electrons. The molecule has 1 aromatic heterocycles. The second-order valence-electron chi connectivity index (χ2n) is 4.13. The Morgan fingerprint density at radius 3 is 2.78 bits per heavy atom. The zero-order valence-corrected chi connectivity index (χ0v) is 12.0. The SMILES string of the molecule is Clc1ccc(CCC(Cl)Cn2ccnc2)c(Cl)c1. The Kier molecular flexibility index (Phi) is 4.93. The summed E-state index contributed by atoms with van der Waals surface area (Å²) in [4.78, 5) is 3.99. The van der Waals surface area contributed by atoms with Crippen LogP contribution < -0.4 is 0 Å². The van der Waals surface area contributed by atoms with E-state index in [1.54, 1.807) is 18.6 Å². The number of rotatable bonds is 5. The fourth-order valence-corrected chi connectivity index (χ4v) is 2.52. The van der Waals surface area contributed by atoms with Crippen molar-refractivity contribution in [2.75, 3.05) is 0 Å². The average molecular weight is 304 g/mol. The minimum absolute atomic E-state index is 0.0611. The quantitative estimate of drug-likeness (QED) is 0.747. The van der Waals surface area contributed by atoms with E-state index < -0.39 is 0 Å². The zero-order chi connectivity index (χ0) is 13.0. The maximum absolute atomic E-state index is 6.29. The smallest absolute Gasteiger partial charge is 0.0946 e. The van der Waals surface area contributed by atoms with Crippen LogP contribution in [-0.2, 0) is 13.0 Å². The van der Waals surface area contributed by atoms with Crippen molar-refractivity contribution < 1.29 is 0 Å². The summed E-state index contributed by atoms with van der Waals surface area (Å²) >= 11 is 18.3. The molecular formula is C13H13Cl3N2. The lowest BCUT2D eigenvalue weighted by atomic mass is 10.1. The van der Waals surface area contributed by atoms with Crippen molar-refractivity contribution in [3.63, 3.8) is 0 Å². The van der Waals surface area contributed by atoms with Crippen molar-refractivity contribution in [1.29, 1.82) is 0 Å². The van der Waals surface area contributed by atoms with Gasteiger partial charge in [0.25, 0.3) is 0 Å². The monoisotopic (exact) mass is 302 g/mol. The standard InChI is InChI=1S/C13H13Cl3N2/c14-11-3-1-10(13(16)7-11)2-4-12(15)8-18-6-5-17-9-18/h1,3,5-7,9,12H,2,4,8H2. The van der Waals surface area contributed by atoms with Gasteiger partial charge in [-0.1, -0.05) is 29.3 Å². The lowest BCUT2D eigenvalue weighted by molar-refractivity contribution is 0.617. The van der Waals surface area contributed by atoms with E-state index in [0.29, 0.717) is 10.0 Å². The number of aromatic nitrogens is 2. The largest absolute Gasteiger partial charge is 0.336 e. The summed E-state index contributed by atoms with van der Waals surface area (Å²) in [6, 6.07) is 5.56. The van der Waals surface area contributed by atoms with E-state index in [0.717, 1.165) is 24.9 Å². The zero-order valence-electron chi connectivity index (χ0n) is 9.69. The minimum Gasteiger partial charge on any atom is -0.336 e. The van der Waals surface area contributed by atoms with Gasteiger partial charge in [0, 0.05) is 29.0 Å². The third-order valence-electron chi connectivity index (χ3n) is 2.71. The van der Waals surface area contributed by atoms with Crippen molar-refractivity contribution in [1.82, 2.24) is 9.55 Å². The normalized spacial score (nSPS) is 12.6. The summed E-state index contributed by atoms with van der Waals surface area (Å²) in [6.07, 6.45) is 7.13. The van der Waals surface area contributed by atoms with Gasteiger partial charge >= 0.3 is 0 Å². The Morgan fingerprint density at radius 1 is 1.28 bits per heavy atom. The topological polar surface area (TPSA) is 17.8 Å². The molecule has 1 unspecified atom stereocenters. The number of imidazole rings is 1. The molecule has 1 heterocycles. The molecule has 0 N–H and O–H groups in total. The molecule has 5 heteroatoms. The van der Waals surface area contributed by atoms with Crippen LogP contribution in [0.25, 0.3) is 0 Å². The van der Waals surface area contributed by atoms with E-state index in [1.165, 1.54) is 0 Å². The summed E-state index contributed by atoms with van der Waals surface area (Å²) in [7, 11) is 0. The molecule has 0 aliphatic heterocycles. The molecule has 0 spiro atoms. The van der Waals surface area contributed by atoms with Crippen LogP contribution in [0, 0.1) is 0 Å². The maximum Gasteiger partial charge on any atom is 0.0946 e. The first kappa shape index (κ1) is 13.7. The molecule has 1 atom stereocenters. The van der Waals surface area contributed by atoms with Gasteiger partial charge in [0.15, 0.2) is 0 Å². The van der Waals surface area contributed by atoms with Gasteiger partial charge in [-0.15, -0.1) is 11.6 Å². The minimum atomic E-state index is 0.0611. The molecule has 1 aromatic carbocycles. The Bertz CT molecular complexity index is 497. The molecule has 0 saturated carbocycles. The maximum atomic E-state index is 6.29. The lowest BCUT2D eigenvalue weighted by Crippen LogP contribution is -2.10. The summed E-state index contributed by atoms with van der Waals surface area (Å²) in [5, 5.41) is 1.42. The highest BCUT2D eigenvalue weighted by atomic mass is 35.5. The molecule has 2 rings (SSSR count). The number of alkyl halides is 1. The summed E-state index contributed by atoms with van der Waals surface area (Å²) in [5.41, 5.74) is 1.08. The van der Waals surface area contributed by atoms with E-state index in [-0.39, 0.29) is 5.38 Å². The highest BCUT2D eigenvalue weighted by molar-refractivity contribution is 6.35. The van der Waals surface area contributed by atoms with Crippen LogP contribution in [0.2, 0.25) is 10.0 Å². The van der Waals surface area contributed by atoms with Crippen molar-refractivity contribution in [3.05, 3.63) is 52.5 Å². The second kappa shape index (κ2) is 6.46. The van der Waals surface area contributed by atoms with Crippen LogP contribution in [0.4, 0.5) is 0 Å². The lowest BCUT2D eigenvalue weighted by Gasteiger charge is -2.11. The van der Waals surface area contributed by atoms with Crippen LogP contribution in [-0.4, -0.2) is 14.9 Å². The highest BCUT2D eigenvalue weighted by Gasteiger charge is 2.08. The molecule has 0 radical (unpaired) electrons. The Labute approximate surface area is 121 Å². The number of hydrogen-bond donors (Lipinski definition) is 0. The number of aryl methyl sites for hydroxylation is 1. The van der Waals surface area contributed by atoms with Crippen LogP contribution in [0.3, 0.4) is 0 Å². The molecule has 0 saturated heterocycles. The van der Waals surface area contributed by atoms with E-state index in [2.05, 4.69) is 4.98 Å². The first-order valence-corrected chi connectivity index (χ1v) is 6.88. The van der Waals surface area contributed by atoms with Gasteiger partial charge in [0.2, 0.25) is 0 Å². The molecule has 2 nitrogen and oxygen atoms in total. The fourth-order valence-electron chi connectivity index (χ4n) is 1.75. The van der Waals surface area contributed by atoms with Crippen LogP contribution in [0.15, 0.2) is 36.9 Å². The second-order valence-corrected chi connectivity index (χ2v) is 5.59. The summed E-state index contributed by atoms with van der Waals surface area (Å²) in [5.74, 6) is 0. The first-order chi connectivity index (χ1) is 8.65. The number of nitrogens with zero attached hydrogens (tertiary/aromatic N) is 2. The van der Waals surface area contributed by atoms with E-state index in [1.807, 2.05) is 22.9 Å². The van der Waals surface area contributed by atoms with Crippen molar-refractivity contribution in [2.45, 2.75) is 24.8 Å². The van der Waals surface area contributed by atoms with Crippen molar-refractivity contribution in [2.24, 2.45) is 0 Å². The third-order valence-corrected chi connectivity index (χ3v) is 3.65. The predicted octanol–water partition coefficient (Wildman–Crippen LogP) is 4.43. The van der Waals surface area contributed by atoms with Gasteiger partial charge in [0.1, 0.15) is 0 Å². The van der Waals surface area contributed by atoms with Crippen LogP contribution in [0.5, 0.6) is 0 Å². The van der Waals surface area contributed by atoms with Gasteiger partial charge in [-0.2, -0.15) is 0 Å². The highest BCUT2D eigenvalue weighted by Crippen LogP contribution is 2.23. The molecule has 0 amide bonds. The predicted molar refractivity (Wildman–Crippen MR) is 76.7 cm³/mol. The molecule has 2 aromatic rings. The third kappa shape index (κ3) is 3.91. The Hall–Kier alpha value is -0.700. The van der Waals surface area contributed by atoms with Gasteiger partial charge in [0.05, 0.1) is 11.7 Å². The Morgan fingerprint density at radius 2 is 2.11 bits per heavy atom. The van der Waals surface area contributed by atoms with Gasteiger partial charge in [-0.05, 0) is 30.5 Å². The van der Waals surface area contributed by atoms with Gasteiger partial charge in [-0.3, -0.25) is 0 Å². The van der Waals surface area contributed by atoms with Crippen LogP contribution >= 0.6 is 34.8 Å². The average Bonchev–Trinajstić information content (AvgIpc) is 2.80. The molecule has 0 bridgehead atoms. The van der Waals surface area contributed by atoms with Gasteiger partial charge < -0.3 is 4.57 Å². The van der Waals surface area contributed by atoms with Gasteiger partial charge in [-0.25, -0.2) is 4.98 Å². The summed E-state index contributed by atoms with van der Waals surface area (Å²) in [6.45, 7) is 0.757. The number of benzene rings is 1. The molecule has 0 fully saturated rings. The Balaban J connectivity index is 1.87. The van der Waals surface area contributed by atoms with Crippen LogP contribution in [0.1, 0.15) is 12.0 Å². The molecular weight excluding hydrogens is 291 g/mol. The van der Waals surface area contributed by atoms with Crippen molar-refractivity contribution in [3.8, 4) is 0 Å². The van der Waals surface area contributed by atoms with E-state index in [4.69, 9.17) is 34.8 Å². The number of halogens is 3. The first-order valence-electron chi connectivity index (χ1n) is 5.69. The molecule has 0 aliphatic carbocycles. The van der Waals surface area contributed by atoms with Crippen molar-refractivity contribution >= 4 is 34.8 Å². The molecule has 18 heavy (non-hydrogen) atoms. The van der Waals surface area contributed by atoms with E-state index in [9.17, 15) is 0 Å². The molecule has 0 aliphatic rings. The fraction of sp³-hybridized carbons (Fsp3) is 0.308.